The summed E-state index contributed by atoms with van der Waals surface area (Å²) in [4.78, 5) is 13.5. The maximum absolute atomic E-state index is 12.8. The molecule has 0 spiro atoms. The number of rotatable bonds is 5. The van der Waals surface area contributed by atoms with Crippen molar-refractivity contribution in [2.45, 2.75) is 6.54 Å². The fraction of sp³-hybridized carbons (Fsp3) is 0.188. The van der Waals surface area contributed by atoms with E-state index < -0.39 is 0 Å². The van der Waals surface area contributed by atoms with Crippen molar-refractivity contribution < 1.29 is 13.9 Å². The van der Waals surface area contributed by atoms with Gasteiger partial charge in [-0.1, -0.05) is 24.3 Å². The summed E-state index contributed by atoms with van der Waals surface area (Å²) in [5, 5.41) is 0. The van der Waals surface area contributed by atoms with E-state index in [4.69, 9.17) is 10.5 Å². The number of halogens is 1. The lowest BCUT2D eigenvalue weighted by Gasteiger charge is -2.18. The van der Waals surface area contributed by atoms with Gasteiger partial charge in [0.25, 0.3) is 5.91 Å². The average Bonchev–Trinajstić information content (AvgIpc) is 2.48. The van der Waals surface area contributed by atoms with Crippen LogP contribution in [0.1, 0.15) is 5.56 Å². The van der Waals surface area contributed by atoms with Crippen molar-refractivity contribution in [1.29, 1.82) is 0 Å². The molecule has 110 valence electrons. The molecule has 5 heteroatoms. The maximum Gasteiger partial charge on any atom is 0.260 e. The minimum atomic E-state index is -0.296. The van der Waals surface area contributed by atoms with Gasteiger partial charge in [-0.15, -0.1) is 0 Å². The highest BCUT2D eigenvalue weighted by Gasteiger charge is 2.11. The molecule has 0 unspecified atom stereocenters. The fourth-order valence-corrected chi connectivity index (χ4v) is 1.81. The van der Waals surface area contributed by atoms with Crippen molar-refractivity contribution in [2.75, 3.05) is 19.4 Å². The predicted octanol–water partition coefficient (Wildman–Crippen LogP) is 2.45. The van der Waals surface area contributed by atoms with Gasteiger partial charge in [-0.05, 0) is 29.8 Å². The molecule has 21 heavy (non-hydrogen) atoms. The van der Waals surface area contributed by atoms with E-state index in [1.54, 1.807) is 43.4 Å². The Hall–Kier alpha value is -2.56. The fourth-order valence-electron chi connectivity index (χ4n) is 1.81. The molecule has 0 heterocycles. The van der Waals surface area contributed by atoms with Crippen LogP contribution in [-0.2, 0) is 11.3 Å². The zero-order valence-electron chi connectivity index (χ0n) is 11.8. The maximum atomic E-state index is 12.8. The second-order valence-electron chi connectivity index (χ2n) is 4.70. The molecule has 0 aliphatic carbocycles. The quantitative estimate of drug-likeness (QED) is 0.860. The molecule has 0 bridgehead atoms. The first kappa shape index (κ1) is 14.8. The number of carbonyl (C=O) groups is 1. The number of carbonyl (C=O) groups excluding carboxylic acids is 1. The summed E-state index contributed by atoms with van der Waals surface area (Å²) >= 11 is 0. The lowest BCUT2D eigenvalue weighted by atomic mass is 10.2. The molecule has 2 N–H and O–H groups in total. The van der Waals surface area contributed by atoms with Crippen molar-refractivity contribution in [1.82, 2.24) is 4.90 Å². The van der Waals surface area contributed by atoms with Crippen LogP contribution in [0.4, 0.5) is 10.1 Å². The highest BCUT2D eigenvalue weighted by atomic mass is 19.1. The molecular weight excluding hydrogens is 271 g/mol. The monoisotopic (exact) mass is 288 g/mol. The van der Waals surface area contributed by atoms with Gasteiger partial charge >= 0.3 is 0 Å². The molecule has 2 aromatic rings. The Morgan fingerprint density at radius 3 is 2.52 bits per heavy atom. The third-order valence-electron chi connectivity index (χ3n) is 3.03. The first-order valence-corrected chi connectivity index (χ1v) is 6.52. The summed E-state index contributed by atoms with van der Waals surface area (Å²) in [5.41, 5.74) is 7.08. The lowest BCUT2D eigenvalue weighted by molar-refractivity contribution is -0.132. The number of nitrogens with zero attached hydrogens (tertiary/aromatic N) is 1. The number of benzene rings is 2. The Morgan fingerprint density at radius 1 is 1.19 bits per heavy atom. The number of ether oxygens (including phenoxy) is 1. The molecule has 0 radical (unpaired) electrons. The number of para-hydroxylation sites is 2. The van der Waals surface area contributed by atoms with E-state index in [1.165, 1.54) is 17.0 Å². The third kappa shape index (κ3) is 4.21. The van der Waals surface area contributed by atoms with E-state index in [1.807, 2.05) is 0 Å². The first-order chi connectivity index (χ1) is 10.1. The number of hydrogen-bond donors (Lipinski definition) is 1. The summed E-state index contributed by atoms with van der Waals surface area (Å²) in [6.45, 7) is 0.304. The van der Waals surface area contributed by atoms with E-state index in [2.05, 4.69) is 0 Å². The van der Waals surface area contributed by atoms with Crippen LogP contribution in [0.3, 0.4) is 0 Å². The minimum Gasteiger partial charge on any atom is -0.482 e. The van der Waals surface area contributed by atoms with Gasteiger partial charge in [0.1, 0.15) is 11.6 Å². The summed E-state index contributed by atoms with van der Waals surface area (Å²) in [7, 11) is 1.67. The van der Waals surface area contributed by atoms with E-state index in [0.29, 0.717) is 18.0 Å². The van der Waals surface area contributed by atoms with Crippen LogP contribution in [0, 0.1) is 5.82 Å². The normalized spacial score (nSPS) is 10.2. The number of hydrogen-bond acceptors (Lipinski definition) is 3. The molecule has 4 nitrogen and oxygen atoms in total. The first-order valence-electron chi connectivity index (χ1n) is 6.52. The van der Waals surface area contributed by atoms with Crippen LogP contribution in [0.5, 0.6) is 5.75 Å². The molecular formula is C16H17FN2O2. The molecule has 0 aliphatic heterocycles. The lowest BCUT2D eigenvalue weighted by Crippen LogP contribution is -2.31. The van der Waals surface area contributed by atoms with E-state index in [9.17, 15) is 9.18 Å². The van der Waals surface area contributed by atoms with Gasteiger partial charge in [0.05, 0.1) is 5.69 Å². The molecule has 0 fully saturated rings. The van der Waals surface area contributed by atoms with Gasteiger partial charge in [0.2, 0.25) is 0 Å². The predicted molar refractivity (Wildman–Crippen MR) is 79.2 cm³/mol. The minimum absolute atomic E-state index is 0.0914. The topological polar surface area (TPSA) is 55.6 Å². The van der Waals surface area contributed by atoms with Crippen LogP contribution < -0.4 is 10.5 Å². The number of amides is 1. The van der Waals surface area contributed by atoms with Gasteiger partial charge in [-0.25, -0.2) is 4.39 Å². The molecule has 0 aromatic heterocycles. The largest absolute Gasteiger partial charge is 0.482 e. The third-order valence-corrected chi connectivity index (χ3v) is 3.03. The summed E-state index contributed by atoms with van der Waals surface area (Å²) in [6, 6.07) is 13.0. The number of anilines is 1. The molecule has 2 aromatic carbocycles. The van der Waals surface area contributed by atoms with Crippen molar-refractivity contribution in [3.05, 3.63) is 59.9 Å². The highest BCUT2D eigenvalue weighted by molar-refractivity contribution is 5.77. The molecule has 1 amide bonds. The molecule has 0 aliphatic rings. The molecule has 2 rings (SSSR count). The Kier molecular flexibility index (Phi) is 4.77. The number of likely N-dealkylation sites (N-methyl/N-ethyl adjacent to an activating group) is 1. The van der Waals surface area contributed by atoms with Gasteiger partial charge in [-0.3, -0.25) is 4.79 Å². The summed E-state index contributed by atoms with van der Waals surface area (Å²) in [6.07, 6.45) is 0. The van der Waals surface area contributed by atoms with Crippen molar-refractivity contribution in [2.24, 2.45) is 0 Å². The van der Waals surface area contributed by atoms with E-state index >= 15 is 0 Å². The van der Waals surface area contributed by atoms with Gasteiger partial charge in [-0.2, -0.15) is 0 Å². The second kappa shape index (κ2) is 6.74. The van der Waals surface area contributed by atoms with Crippen LogP contribution in [0.15, 0.2) is 48.5 Å². The van der Waals surface area contributed by atoms with Crippen LogP contribution >= 0.6 is 0 Å². The summed E-state index contributed by atoms with van der Waals surface area (Å²) in [5.74, 6) is 0.0132. The SMILES string of the molecule is CN(Cc1ccc(F)cc1)C(=O)COc1ccccc1N. The molecule has 0 saturated heterocycles. The Labute approximate surface area is 122 Å². The summed E-state index contributed by atoms with van der Waals surface area (Å²) < 4.78 is 18.2. The Balaban J connectivity index is 1.88. The number of nitrogens with two attached hydrogens (primary N) is 1. The smallest absolute Gasteiger partial charge is 0.260 e. The zero-order chi connectivity index (χ0) is 15.2. The van der Waals surface area contributed by atoms with Gasteiger partial charge in [0, 0.05) is 13.6 Å². The van der Waals surface area contributed by atoms with Crippen molar-refractivity contribution in [3.8, 4) is 5.75 Å². The molecule has 0 atom stereocenters. The van der Waals surface area contributed by atoms with Crippen LogP contribution in [0.2, 0.25) is 0 Å². The Bertz CT molecular complexity index is 614. The Morgan fingerprint density at radius 2 is 1.86 bits per heavy atom. The van der Waals surface area contributed by atoms with Gasteiger partial charge in [0.15, 0.2) is 6.61 Å². The highest BCUT2D eigenvalue weighted by Crippen LogP contribution is 2.19. The van der Waals surface area contributed by atoms with Crippen LogP contribution in [0.25, 0.3) is 0 Å². The van der Waals surface area contributed by atoms with E-state index in [-0.39, 0.29) is 18.3 Å². The standard InChI is InChI=1S/C16H17FN2O2/c1-19(10-12-6-8-13(17)9-7-12)16(20)11-21-15-5-3-2-4-14(15)18/h2-9H,10-11,18H2,1H3. The van der Waals surface area contributed by atoms with Crippen LogP contribution in [-0.4, -0.2) is 24.5 Å². The zero-order valence-corrected chi connectivity index (χ0v) is 11.8. The van der Waals surface area contributed by atoms with E-state index in [0.717, 1.165) is 5.56 Å². The second-order valence-corrected chi connectivity index (χ2v) is 4.70. The van der Waals surface area contributed by atoms with Crippen molar-refractivity contribution in [3.63, 3.8) is 0 Å². The van der Waals surface area contributed by atoms with Gasteiger partial charge < -0.3 is 15.4 Å². The van der Waals surface area contributed by atoms with Crippen molar-refractivity contribution >= 4 is 11.6 Å². The average molecular weight is 288 g/mol. The molecule has 0 saturated carbocycles. The number of nitrogen functional groups attached to an aromatic ring is 1.